The van der Waals surface area contributed by atoms with E-state index in [0.29, 0.717) is 0 Å². The zero-order valence-corrected chi connectivity index (χ0v) is 11.1. The third-order valence-corrected chi connectivity index (χ3v) is 3.51. The lowest BCUT2D eigenvalue weighted by Crippen LogP contribution is -2.24. The van der Waals surface area contributed by atoms with Crippen molar-refractivity contribution < 1.29 is 13.7 Å². The van der Waals surface area contributed by atoms with E-state index in [4.69, 9.17) is 9.47 Å². The van der Waals surface area contributed by atoms with Crippen LogP contribution in [0.4, 0.5) is 0 Å². The van der Waals surface area contributed by atoms with Gasteiger partial charge in [0.05, 0.1) is 18.0 Å². The van der Waals surface area contributed by atoms with E-state index in [1.807, 2.05) is 20.8 Å². The summed E-state index contributed by atoms with van der Waals surface area (Å²) < 4.78 is 26.1. The maximum absolute atomic E-state index is 11.6. The van der Waals surface area contributed by atoms with Crippen molar-refractivity contribution in [2.75, 3.05) is 13.2 Å². The molecule has 0 aromatic carbocycles. The maximum atomic E-state index is 11.6. The van der Waals surface area contributed by atoms with Crippen LogP contribution < -0.4 is 0 Å². The second kappa shape index (κ2) is 6.47. The fraction of sp³-hybridized carbons (Fsp3) is 0.909. The molecule has 4 nitrogen and oxygen atoms in total. The first-order chi connectivity index (χ1) is 7.50. The highest BCUT2D eigenvalue weighted by Crippen LogP contribution is 2.13. The minimum Gasteiger partial charge on any atom is -0.353 e. The average molecular weight is 247 g/mol. The molecule has 0 aromatic heterocycles. The van der Waals surface area contributed by atoms with Gasteiger partial charge in [0.25, 0.3) is 0 Å². The minimum absolute atomic E-state index is 0.108. The van der Waals surface area contributed by atoms with Crippen LogP contribution in [0.5, 0.6) is 0 Å². The third kappa shape index (κ3) is 5.18. The van der Waals surface area contributed by atoms with Gasteiger partial charge < -0.3 is 9.47 Å². The lowest BCUT2D eigenvalue weighted by atomic mass is 10.3. The quantitative estimate of drug-likeness (QED) is 0.714. The first-order valence-electron chi connectivity index (χ1n) is 5.68. The molecule has 0 spiro atoms. The first-order valence-corrected chi connectivity index (χ1v) is 6.78. The Morgan fingerprint density at radius 2 is 2.00 bits per heavy atom. The SMILES string of the molecule is CC(C)(C)S(=O)/N=C/CCC1OCCCO1. The first kappa shape index (κ1) is 13.8. The van der Waals surface area contributed by atoms with Gasteiger partial charge in [0.15, 0.2) is 6.29 Å². The van der Waals surface area contributed by atoms with Crippen LogP contribution in [-0.4, -0.2) is 34.7 Å². The van der Waals surface area contributed by atoms with Crippen LogP contribution in [0.25, 0.3) is 0 Å². The summed E-state index contributed by atoms with van der Waals surface area (Å²) in [6.45, 7) is 7.28. The van der Waals surface area contributed by atoms with Crippen molar-refractivity contribution in [3.05, 3.63) is 0 Å². The molecule has 1 atom stereocenters. The number of nitrogens with zero attached hydrogens (tertiary/aromatic N) is 1. The summed E-state index contributed by atoms with van der Waals surface area (Å²) in [4.78, 5) is 0. The Kier molecular flexibility index (Phi) is 5.58. The largest absolute Gasteiger partial charge is 0.353 e. The van der Waals surface area contributed by atoms with Crippen molar-refractivity contribution in [3.63, 3.8) is 0 Å². The van der Waals surface area contributed by atoms with Gasteiger partial charge in [-0.2, -0.15) is 4.40 Å². The molecular weight excluding hydrogens is 226 g/mol. The molecule has 94 valence electrons. The molecule has 0 bridgehead atoms. The normalized spacial score (nSPS) is 21.4. The van der Waals surface area contributed by atoms with Crippen LogP contribution in [-0.2, 0) is 20.5 Å². The molecule has 0 amide bonds. The van der Waals surface area contributed by atoms with Gasteiger partial charge in [-0.25, -0.2) is 4.21 Å². The lowest BCUT2D eigenvalue weighted by molar-refractivity contribution is -0.180. The number of hydrogen-bond donors (Lipinski definition) is 0. The van der Waals surface area contributed by atoms with Crippen molar-refractivity contribution in [2.45, 2.75) is 51.1 Å². The monoisotopic (exact) mass is 247 g/mol. The summed E-state index contributed by atoms with van der Waals surface area (Å²) in [5, 5.41) is 0. The van der Waals surface area contributed by atoms with Crippen LogP contribution in [0, 0.1) is 0 Å². The third-order valence-electron chi connectivity index (χ3n) is 2.12. The van der Waals surface area contributed by atoms with E-state index in [-0.39, 0.29) is 11.0 Å². The highest BCUT2D eigenvalue weighted by molar-refractivity contribution is 7.85. The predicted molar refractivity (Wildman–Crippen MR) is 65.9 cm³/mol. The smallest absolute Gasteiger partial charge is 0.157 e. The molecule has 1 aliphatic rings. The van der Waals surface area contributed by atoms with Gasteiger partial charge in [-0.05, 0) is 33.6 Å². The summed E-state index contributed by atoms with van der Waals surface area (Å²) in [5.41, 5.74) is 0. The summed E-state index contributed by atoms with van der Waals surface area (Å²) in [6, 6.07) is 0. The van der Waals surface area contributed by atoms with Crippen molar-refractivity contribution in [2.24, 2.45) is 4.40 Å². The van der Waals surface area contributed by atoms with Crippen molar-refractivity contribution in [1.82, 2.24) is 0 Å². The second-order valence-electron chi connectivity index (χ2n) is 4.75. The number of ether oxygens (including phenoxy) is 2. The topological polar surface area (TPSA) is 47.9 Å². The molecule has 1 rings (SSSR count). The van der Waals surface area contributed by atoms with Crippen LogP contribution in [0.3, 0.4) is 0 Å². The van der Waals surface area contributed by atoms with E-state index in [1.54, 1.807) is 6.21 Å². The van der Waals surface area contributed by atoms with Gasteiger partial charge >= 0.3 is 0 Å². The average Bonchev–Trinajstić information content (AvgIpc) is 2.24. The van der Waals surface area contributed by atoms with Crippen molar-refractivity contribution >= 4 is 17.2 Å². The fourth-order valence-electron chi connectivity index (χ4n) is 1.19. The van der Waals surface area contributed by atoms with Crippen LogP contribution in [0.2, 0.25) is 0 Å². The van der Waals surface area contributed by atoms with Gasteiger partial charge in [0.1, 0.15) is 11.0 Å². The zero-order valence-electron chi connectivity index (χ0n) is 10.3. The molecule has 1 heterocycles. The molecule has 0 N–H and O–H groups in total. The predicted octanol–water partition coefficient (Wildman–Crippen LogP) is 2.06. The molecule has 1 fully saturated rings. The summed E-state index contributed by atoms with van der Waals surface area (Å²) in [5.74, 6) is 0. The van der Waals surface area contributed by atoms with Gasteiger partial charge in [-0.15, -0.1) is 0 Å². The summed E-state index contributed by atoms with van der Waals surface area (Å²) >= 11 is 0. The highest BCUT2D eigenvalue weighted by Gasteiger charge is 2.18. The Bertz CT molecular complexity index is 254. The van der Waals surface area contributed by atoms with E-state index in [2.05, 4.69) is 4.40 Å². The van der Waals surface area contributed by atoms with Crippen LogP contribution in [0.1, 0.15) is 40.0 Å². The molecule has 0 aliphatic carbocycles. The van der Waals surface area contributed by atoms with Gasteiger partial charge in [0.2, 0.25) is 0 Å². The van der Waals surface area contributed by atoms with Crippen molar-refractivity contribution in [3.8, 4) is 0 Å². The van der Waals surface area contributed by atoms with E-state index < -0.39 is 11.0 Å². The Labute approximate surface area is 100 Å². The minimum atomic E-state index is -1.16. The number of rotatable bonds is 4. The highest BCUT2D eigenvalue weighted by atomic mass is 32.2. The standard InChI is InChI=1S/C11H21NO3S/c1-11(2,3)16(13)12-7-4-6-10-14-8-5-9-15-10/h7,10H,4-6,8-9H2,1-3H3/b12-7+. The van der Waals surface area contributed by atoms with E-state index >= 15 is 0 Å². The van der Waals surface area contributed by atoms with Gasteiger partial charge in [0, 0.05) is 12.6 Å². The summed E-state index contributed by atoms with van der Waals surface area (Å²) in [6.07, 6.45) is 4.10. The molecule has 1 aliphatic heterocycles. The lowest BCUT2D eigenvalue weighted by Gasteiger charge is -2.22. The second-order valence-corrected chi connectivity index (χ2v) is 6.69. The molecule has 0 saturated carbocycles. The molecule has 1 saturated heterocycles. The molecule has 0 radical (unpaired) electrons. The van der Waals surface area contributed by atoms with E-state index in [9.17, 15) is 4.21 Å². The number of hydrogen-bond acceptors (Lipinski definition) is 3. The van der Waals surface area contributed by atoms with E-state index in [0.717, 1.165) is 32.5 Å². The Morgan fingerprint density at radius 3 is 2.56 bits per heavy atom. The Hall–Kier alpha value is -0.260. The Morgan fingerprint density at radius 1 is 1.38 bits per heavy atom. The molecule has 5 heteroatoms. The fourth-order valence-corrected chi connectivity index (χ4v) is 1.75. The van der Waals surface area contributed by atoms with Gasteiger partial charge in [-0.1, -0.05) is 0 Å². The van der Waals surface area contributed by atoms with Gasteiger partial charge in [-0.3, -0.25) is 0 Å². The van der Waals surface area contributed by atoms with E-state index in [1.165, 1.54) is 0 Å². The molecule has 16 heavy (non-hydrogen) atoms. The Balaban J connectivity index is 2.19. The van der Waals surface area contributed by atoms with Crippen LogP contribution >= 0.6 is 0 Å². The molecule has 0 aromatic rings. The molecule has 1 unspecified atom stereocenters. The summed E-state index contributed by atoms with van der Waals surface area (Å²) in [7, 11) is -1.16. The maximum Gasteiger partial charge on any atom is 0.157 e. The van der Waals surface area contributed by atoms with Crippen LogP contribution in [0.15, 0.2) is 4.40 Å². The zero-order chi connectivity index (χ0) is 12.0. The molecular formula is C11H21NO3S. The van der Waals surface area contributed by atoms with Crippen molar-refractivity contribution in [1.29, 1.82) is 0 Å².